The quantitative estimate of drug-likeness (QED) is 0.688. The van der Waals surface area contributed by atoms with E-state index in [9.17, 15) is 0 Å². The van der Waals surface area contributed by atoms with Crippen LogP contribution in [-0.2, 0) is 6.42 Å². The van der Waals surface area contributed by atoms with Crippen LogP contribution >= 0.6 is 11.3 Å². The second-order valence-corrected chi connectivity index (χ2v) is 5.40. The Kier molecular flexibility index (Phi) is 3.79. The van der Waals surface area contributed by atoms with E-state index in [1.165, 1.54) is 40.1 Å². The van der Waals surface area contributed by atoms with E-state index in [0.717, 1.165) is 0 Å². The fraction of sp³-hybridized carbons (Fsp3) is 0.333. The molecule has 0 saturated carbocycles. The van der Waals surface area contributed by atoms with Crippen LogP contribution in [0.4, 0.5) is 0 Å². The maximum atomic E-state index is 2.27. The molecule has 0 unspecified atom stereocenters. The summed E-state index contributed by atoms with van der Waals surface area (Å²) in [7, 11) is 0. The first kappa shape index (κ1) is 11.4. The molecule has 2 aromatic rings. The van der Waals surface area contributed by atoms with Crippen LogP contribution in [0.5, 0.6) is 0 Å². The third kappa shape index (κ3) is 2.73. The molecule has 0 aliphatic carbocycles. The summed E-state index contributed by atoms with van der Waals surface area (Å²) in [5, 5.41) is 0. The summed E-state index contributed by atoms with van der Waals surface area (Å²) < 4.78 is 0. The van der Waals surface area contributed by atoms with Gasteiger partial charge in [-0.3, -0.25) is 0 Å². The standard InChI is InChI=1S/C15H18S/c1-3-4-5-14-10-11-15(16-14)13-8-6-12(2)7-9-13/h6-11H,3-5H2,1-2H3. The summed E-state index contributed by atoms with van der Waals surface area (Å²) >= 11 is 1.93. The van der Waals surface area contributed by atoms with Crippen molar-refractivity contribution < 1.29 is 0 Å². The van der Waals surface area contributed by atoms with Crippen molar-refractivity contribution in [3.05, 3.63) is 46.8 Å². The number of hydrogen-bond acceptors (Lipinski definition) is 1. The maximum absolute atomic E-state index is 2.27. The van der Waals surface area contributed by atoms with Crippen molar-refractivity contribution in [1.82, 2.24) is 0 Å². The van der Waals surface area contributed by atoms with Gasteiger partial charge in [0, 0.05) is 9.75 Å². The molecule has 0 spiro atoms. The molecule has 1 aromatic carbocycles. The Morgan fingerprint density at radius 3 is 2.44 bits per heavy atom. The Balaban J connectivity index is 2.15. The Hall–Kier alpha value is -1.08. The van der Waals surface area contributed by atoms with Gasteiger partial charge in [-0.1, -0.05) is 43.2 Å². The fourth-order valence-corrected chi connectivity index (χ4v) is 2.79. The van der Waals surface area contributed by atoms with Crippen LogP contribution in [0.15, 0.2) is 36.4 Å². The van der Waals surface area contributed by atoms with Gasteiger partial charge in [-0.2, -0.15) is 0 Å². The summed E-state index contributed by atoms with van der Waals surface area (Å²) in [6.45, 7) is 4.37. The average Bonchev–Trinajstić information content (AvgIpc) is 2.76. The third-order valence-corrected chi connectivity index (χ3v) is 3.97. The minimum Gasteiger partial charge on any atom is -0.140 e. The lowest BCUT2D eigenvalue weighted by Crippen LogP contribution is -1.76. The first-order valence-electron chi connectivity index (χ1n) is 5.95. The van der Waals surface area contributed by atoms with Gasteiger partial charge in [0.1, 0.15) is 0 Å². The van der Waals surface area contributed by atoms with Gasteiger partial charge in [-0.05, 0) is 37.5 Å². The topological polar surface area (TPSA) is 0 Å². The fourth-order valence-electron chi connectivity index (χ4n) is 1.74. The maximum Gasteiger partial charge on any atom is 0.0345 e. The molecule has 0 atom stereocenters. The first-order valence-corrected chi connectivity index (χ1v) is 6.77. The second kappa shape index (κ2) is 5.31. The molecule has 84 valence electrons. The summed E-state index contributed by atoms with van der Waals surface area (Å²) in [5.74, 6) is 0. The highest BCUT2D eigenvalue weighted by Gasteiger charge is 2.02. The van der Waals surface area contributed by atoms with Gasteiger partial charge in [0.15, 0.2) is 0 Å². The molecule has 0 saturated heterocycles. The van der Waals surface area contributed by atoms with Gasteiger partial charge in [-0.25, -0.2) is 0 Å². The minimum atomic E-state index is 1.23. The molecule has 16 heavy (non-hydrogen) atoms. The second-order valence-electron chi connectivity index (χ2n) is 4.24. The number of rotatable bonds is 4. The largest absolute Gasteiger partial charge is 0.140 e. The highest BCUT2D eigenvalue weighted by atomic mass is 32.1. The highest BCUT2D eigenvalue weighted by Crippen LogP contribution is 2.29. The van der Waals surface area contributed by atoms with Gasteiger partial charge in [-0.15, -0.1) is 11.3 Å². The van der Waals surface area contributed by atoms with E-state index in [4.69, 9.17) is 0 Å². The Labute approximate surface area is 102 Å². The van der Waals surface area contributed by atoms with Crippen LogP contribution in [0.1, 0.15) is 30.2 Å². The lowest BCUT2D eigenvalue weighted by molar-refractivity contribution is 0.804. The molecule has 0 amide bonds. The summed E-state index contributed by atoms with van der Waals surface area (Å²) in [6.07, 6.45) is 3.80. The predicted molar refractivity (Wildman–Crippen MR) is 73.1 cm³/mol. The highest BCUT2D eigenvalue weighted by molar-refractivity contribution is 7.15. The number of unbranched alkanes of at least 4 members (excludes halogenated alkanes) is 1. The van der Waals surface area contributed by atoms with Gasteiger partial charge in [0.05, 0.1) is 0 Å². The molecular formula is C15H18S. The molecule has 1 heterocycles. The minimum absolute atomic E-state index is 1.23. The molecule has 1 heteroatoms. The molecule has 0 fully saturated rings. The number of aryl methyl sites for hydroxylation is 2. The zero-order valence-electron chi connectivity index (χ0n) is 9.99. The van der Waals surface area contributed by atoms with Crippen LogP contribution < -0.4 is 0 Å². The summed E-state index contributed by atoms with van der Waals surface area (Å²) in [6, 6.07) is 13.3. The molecular weight excluding hydrogens is 212 g/mol. The normalized spacial score (nSPS) is 10.6. The van der Waals surface area contributed by atoms with Crippen molar-refractivity contribution in [2.24, 2.45) is 0 Å². The van der Waals surface area contributed by atoms with Gasteiger partial charge in [0.2, 0.25) is 0 Å². The summed E-state index contributed by atoms with van der Waals surface area (Å²) in [4.78, 5) is 2.91. The predicted octanol–water partition coefficient (Wildman–Crippen LogP) is 5.07. The SMILES string of the molecule is CCCCc1ccc(-c2ccc(C)cc2)s1. The smallest absolute Gasteiger partial charge is 0.0345 e. The van der Waals surface area contributed by atoms with E-state index in [1.54, 1.807) is 0 Å². The third-order valence-electron chi connectivity index (χ3n) is 2.77. The van der Waals surface area contributed by atoms with Crippen molar-refractivity contribution in [3.63, 3.8) is 0 Å². The van der Waals surface area contributed by atoms with Crippen molar-refractivity contribution in [1.29, 1.82) is 0 Å². The van der Waals surface area contributed by atoms with Crippen LogP contribution in [0.2, 0.25) is 0 Å². The Morgan fingerprint density at radius 1 is 1.00 bits per heavy atom. The molecule has 2 rings (SSSR count). The molecule has 0 aliphatic rings. The van der Waals surface area contributed by atoms with Crippen LogP contribution in [0.3, 0.4) is 0 Å². The molecule has 0 aliphatic heterocycles. The van der Waals surface area contributed by atoms with E-state index < -0.39 is 0 Å². The number of thiophene rings is 1. The van der Waals surface area contributed by atoms with E-state index in [2.05, 4.69) is 50.2 Å². The van der Waals surface area contributed by atoms with Crippen molar-refractivity contribution in [2.45, 2.75) is 33.1 Å². The first-order chi connectivity index (χ1) is 7.79. The number of benzene rings is 1. The van der Waals surface area contributed by atoms with Crippen LogP contribution in [0, 0.1) is 6.92 Å². The molecule has 0 bridgehead atoms. The van der Waals surface area contributed by atoms with Crippen molar-refractivity contribution in [2.75, 3.05) is 0 Å². The van der Waals surface area contributed by atoms with Gasteiger partial charge >= 0.3 is 0 Å². The van der Waals surface area contributed by atoms with Crippen molar-refractivity contribution in [3.8, 4) is 10.4 Å². The van der Waals surface area contributed by atoms with Gasteiger partial charge < -0.3 is 0 Å². The van der Waals surface area contributed by atoms with E-state index in [0.29, 0.717) is 0 Å². The average molecular weight is 230 g/mol. The molecule has 0 radical (unpaired) electrons. The van der Waals surface area contributed by atoms with E-state index >= 15 is 0 Å². The molecule has 1 aromatic heterocycles. The van der Waals surface area contributed by atoms with Gasteiger partial charge in [0.25, 0.3) is 0 Å². The zero-order chi connectivity index (χ0) is 11.4. The van der Waals surface area contributed by atoms with E-state index in [-0.39, 0.29) is 0 Å². The summed E-state index contributed by atoms with van der Waals surface area (Å²) in [5.41, 5.74) is 2.67. The number of hydrogen-bond donors (Lipinski definition) is 0. The Morgan fingerprint density at radius 2 is 1.75 bits per heavy atom. The Bertz CT molecular complexity index is 437. The van der Waals surface area contributed by atoms with Crippen molar-refractivity contribution >= 4 is 11.3 Å². The van der Waals surface area contributed by atoms with Crippen LogP contribution in [-0.4, -0.2) is 0 Å². The lowest BCUT2D eigenvalue weighted by atomic mass is 10.1. The molecule has 0 N–H and O–H groups in total. The zero-order valence-corrected chi connectivity index (χ0v) is 10.8. The van der Waals surface area contributed by atoms with Crippen LogP contribution in [0.25, 0.3) is 10.4 Å². The lowest BCUT2D eigenvalue weighted by Gasteiger charge is -1.98. The van der Waals surface area contributed by atoms with E-state index in [1.807, 2.05) is 11.3 Å². The molecule has 0 nitrogen and oxygen atoms in total. The monoisotopic (exact) mass is 230 g/mol.